The summed E-state index contributed by atoms with van der Waals surface area (Å²) >= 11 is 0. The second-order valence-corrected chi connectivity index (χ2v) is 1.27. The Morgan fingerprint density at radius 1 is 1.78 bits per heavy atom. The van der Waals surface area contributed by atoms with E-state index in [4.69, 9.17) is 18.8 Å². The van der Waals surface area contributed by atoms with Crippen molar-refractivity contribution in [3.8, 4) is 0 Å². The van der Waals surface area contributed by atoms with Crippen molar-refractivity contribution in [3.63, 3.8) is 0 Å². The van der Waals surface area contributed by atoms with Crippen molar-refractivity contribution in [2.24, 2.45) is 0 Å². The van der Waals surface area contributed by atoms with Gasteiger partial charge in [0, 0.05) is 13.7 Å². The molecule has 0 saturated carbocycles. The average molecular weight is 142 g/mol. The first-order chi connectivity index (χ1) is 7.94. The van der Waals surface area contributed by atoms with E-state index in [0.717, 1.165) is 0 Å². The summed E-state index contributed by atoms with van der Waals surface area (Å²) in [5.41, 5.74) is -4.28. The second-order valence-electron chi connectivity index (χ2n) is 1.27. The molecule has 0 heterocycles. The molecular formula is C6H12O3. The molecule has 0 aromatic heterocycles. The second kappa shape index (κ2) is 2.82. The number of hydrogen-bond donors (Lipinski definition) is 2. The Kier molecular flexibility index (Phi) is 0.481. The van der Waals surface area contributed by atoms with E-state index in [0.29, 0.717) is 0 Å². The van der Waals surface area contributed by atoms with Crippen molar-refractivity contribution in [2.45, 2.75) is 32.1 Å². The molecule has 2 N–H and O–H groups in total. The molecule has 9 heavy (non-hydrogen) atoms. The fourth-order valence-electron chi connectivity index (χ4n) is 0.138. The minimum Gasteiger partial charge on any atom is -0.479 e. The van der Waals surface area contributed by atoms with Crippen LogP contribution in [0.2, 0.25) is 0 Å². The normalized spacial score (nSPS) is 33.9. The van der Waals surface area contributed by atoms with E-state index in [9.17, 15) is 9.90 Å². The largest absolute Gasteiger partial charge is 0.479 e. The minimum absolute atomic E-state index is 2.62. The zero-order valence-electron chi connectivity index (χ0n) is 14.3. The molecule has 54 valence electrons. The maximum absolute atomic E-state index is 11.0. The van der Waals surface area contributed by atoms with Gasteiger partial charge in [-0.15, -0.1) is 0 Å². The Hall–Kier alpha value is -0.570. The number of carboxylic acids is 1. The maximum Gasteiger partial charge on any atom is 0.335 e. The first-order valence-corrected chi connectivity index (χ1v) is 1.90. The molecular weight excluding hydrogens is 120 g/mol. The van der Waals surface area contributed by atoms with Crippen LogP contribution in [0.1, 0.15) is 40.2 Å². The van der Waals surface area contributed by atoms with Gasteiger partial charge in [-0.05, 0) is 12.7 Å². The molecule has 0 unspecified atom stereocenters. The van der Waals surface area contributed by atoms with Crippen LogP contribution < -0.4 is 0 Å². The molecule has 0 fully saturated rings. The van der Waals surface area contributed by atoms with Gasteiger partial charge in [0.1, 0.15) is 0 Å². The monoisotopic (exact) mass is 142 g/mol. The van der Waals surface area contributed by atoms with Crippen LogP contribution in [0, 0.1) is 0 Å². The van der Waals surface area contributed by atoms with Crippen molar-refractivity contribution in [1.29, 1.82) is 0 Å². The van der Waals surface area contributed by atoms with Gasteiger partial charge in [-0.25, -0.2) is 4.79 Å². The predicted octanol–water partition coefficient (Wildman–Crippen LogP) is 0.622. The Morgan fingerprint density at radius 3 is 2.44 bits per heavy atom. The van der Waals surface area contributed by atoms with Gasteiger partial charge in [-0.3, -0.25) is 0 Å². The molecule has 0 aromatic carbocycles. The van der Waals surface area contributed by atoms with Crippen LogP contribution in [0.5, 0.6) is 0 Å². The zero-order valence-corrected chi connectivity index (χ0v) is 4.30. The highest BCUT2D eigenvalue weighted by Crippen LogP contribution is 2.13. The number of aliphatic carboxylic acids is 1. The Bertz CT molecular complexity index is 340. The number of rotatable bonds is 3. The standard InChI is InChI=1S/C6H12O3/c1-3-6(9,4-2)5(7)8/h9H,3-4H2,1-2H3,(H,7,8)/i1D3,2D3,3D2,4D2. The van der Waals surface area contributed by atoms with E-state index in [1.807, 2.05) is 0 Å². The number of aliphatic hydroxyl groups is 1. The van der Waals surface area contributed by atoms with Crippen LogP contribution >= 0.6 is 0 Å². The van der Waals surface area contributed by atoms with Crippen molar-refractivity contribution >= 4 is 5.97 Å². The molecule has 0 rings (SSSR count). The van der Waals surface area contributed by atoms with Gasteiger partial charge in [0.15, 0.2) is 5.60 Å². The van der Waals surface area contributed by atoms with Crippen LogP contribution in [-0.4, -0.2) is 21.8 Å². The molecule has 0 aliphatic heterocycles. The number of hydrogen-bond acceptors (Lipinski definition) is 2. The third-order valence-electron chi connectivity index (χ3n) is 0.671. The molecule has 0 saturated heterocycles. The van der Waals surface area contributed by atoms with Crippen molar-refractivity contribution in [1.82, 2.24) is 0 Å². The lowest BCUT2D eigenvalue weighted by Gasteiger charge is -2.18. The smallest absolute Gasteiger partial charge is 0.335 e. The van der Waals surface area contributed by atoms with Gasteiger partial charge in [0.25, 0.3) is 0 Å². The molecule has 3 heteroatoms. The molecule has 0 radical (unpaired) electrons. The van der Waals surface area contributed by atoms with Crippen molar-refractivity contribution in [3.05, 3.63) is 0 Å². The van der Waals surface area contributed by atoms with Crippen molar-refractivity contribution < 1.29 is 28.7 Å². The SMILES string of the molecule is [2H]C([2H])([2H])C([2H])([2H])C(O)(C(=O)O)C([2H])([2H])C([2H])([2H])[2H]. The lowest BCUT2D eigenvalue weighted by Crippen LogP contribution is -2.36. The zero-order chi connectivity index (χ0) is 16.1. The summed E-state index contributed by atoms with van der Waals surface area (Å²) in [6.07, 6.45) is -8.05. The molecule has 3 nitrogen and oxygen atoms in total. The first kappa shape index (κ1) is 1.53. The van der Waals surface area contributed by atoms with Gasteiger partial charge >= 0.3 is 5.97 Å². The first-order valence-electron chi connectivity index (χ1n) is 6.90. The highest BCUT2D eigenvalue weighted by atomic mass is 16.4. The lowest BCUT2D eigenvalue weighted by atomic mass is 9.98. The van der Waals surface area contributed by atoms with E-state index in [-0.39, 0.29) is 0 Å². The molecule has 0 amide bonds. The summed E-state index contributed by atoms with van der Waals surface area (Å²) in [5, 5.41) is 18.5. The predicted molar refractivity (Wildman–Crippen MR) is 33.2 cm³/mol. The molecule has 0 aromatic rings. The Balaban J connectivity index is 6.30. The average Bonchev–Trinajstić information content (AvgIpc) is 2.11. The topological polar surface area (TPSA) is 57.5 Å². The van der Waals surface area contributed by atoms with Crippen LogP contribution in [0.15, 0.2) is 0 Å². The summed E-state index contributed by atoms with van der Waals surface area (Å²) in [7, 11) is 0. The van der Waals surface area contributed by atoms with Gasteiger partial charge < -0.3 is 10.2 Å². The van der Waals surface area contributed by atoms with Gasteiger partial charge in [0.2, 0.25) is 0 Å². The lowest BCUT2D eigenvalue weighted by molar-refractivity contribution is -0.159. The van der Waals surface area contributed by atoms with E-state index in [1.165, 1.54) is 0 Å². The van der Waals surface area contributed by atoms with Crippen LogP contribution in [0.25, 0.3) is 0 Å². The fourth-order valence-corrected chi connectivity index (χ4v) is 0.138. The van der Waals surface area contributed by atoms with Crippen LogP contribution in [0.3, 0.4) is 0 Å². The fraction of sp³-hybridized carbons (Fsp3) is 0.833. The third-order valence-corrected chi connectivity index (χ3v) is 0.671. The van der Waals surface area contributed by atoms with Gasteiger partial charge in [-0.2, -0.15) is 0 Å². The van der Waals surface area contributed by atoms with Crippen LogP contribution in [0.4, 0.5) is 0 Å². The van der Waals surface area contributed by atoms with Crippen LogP contribution in [-0.2, 0) is 4.79 Å². The van der Waals surface area contributed by atoms with E-state index >= 15 is 0 Å². The van der Waals surface area contributed by atoms with E-state index in [2.05, 4.69) is 0 Å². The minimum atomic E-state index is -4.28. The summed E-state index contributed by atoms with van der Waals surface area (Å²) in [6, 6.07) is 0. The highest BCUT2D eigenvalue weighted by molar-refractivity contribution is 5.76. The molecule has 0 spiro atoms. The number of carbonyl (C=O) groups is 1. The molecule has 0 bridgehead atoms. The van der Waals surface area contributed by atoms with E-state index < -0.39 is 38.0 Å². The van der Waals surface area contributed by atoms with Gasteiger partial charge in [0.05, 0.1) is 0 Å². The summed E-state index contributed by atoms with van der Waals surface area (Å²) < 4.78 is 69.8. The summed E-state index contributed by atoms with van der Waals surface area (Å²) in [4.78, 5) is 11.0. The Morgan fingerprint density at radius 2 is 2.22 bits per heavy atom. The highest BCUT2D eigenvalue weighted by Gasteiger charge is 2.30. The Labute approximate surface area is 68.4 Å². The quantitative estimate of drug-likeness (QED) is 0.607. The molecule has 0 atom stereocenters. The number of carboxylic acid groups (broad SMARTS) is 1. The van der Waals surface area contributed by atoms with E-state index in [1.54, 1.807) is 0 Å². The summed E-state index contributed by atoms with van der Waals surface area (Å²) in [5.74, 6) is -2.62. The molecule has 0 aliphatic carbocycles. The van der Waals surface area contributed by atoms with Gasteiger partial charge in [-0.1, -0.05) is 13.7 Å². The maximum atomic E-state index is 11.0. The van der Waals surface area contributed by atoms with Crippen molar-refractivity contribution in [2.75, 3.05) is 0 Å². The summed E-state index contributed by atoms with van der Waals surface area (Å²) in [6.45, 7) is -7.50. The third kappa shape index (κ3) is 1.68. The molecule has 0 aliphatic rings.